The third-order valence-electron chi connectivity index (χ3n) is 5.29. The Morgan fingerprint density at radius 1 is 1.17 bits per heavy atom. The number of hydrogen-bond acceptors (Lipinski definition) is 8. The maximum absolute atomic E-state index is 5.89. The molecular weight excluding hydrogens is 384 g/mol. The third kappa shape index (κ3) is 3.50. The molecule has 0 N–H and O–H groups in total. The Balaban J connectivity index is 1.62. The van der Waals surface area contributed by atoms with Gasteiger partial charge in [-0.2, -0.15) is 4.98 Å². The fraction of sp³-hybridized carbons (Fsp3) is 0.318. The number of rotatable bonds is 7. The van der Waals surface area contributed by atoms with Crippen LogP contribution < -0.4 is 9.64 Å². The molecule has 0 unspecified atom stereocenters. The largest absolute Gasteiger partial charge is 0.496 e. The molecular formula is C22H22N4O4. The highest BCUT2D eigenvalue weighted by Gasteiger charge is 2.26. The molecule has 0 radical (unpaired) electrons. The maximum Gasteiger partial charge on any atom is 0.263 e. The van der Waals surface area contributed by atoms with Crippen LogP contribution in [0, 0.1) is 0 Å². The Labute approximate surface area is 173 Å². The van der Waals surface area contributed by atoms with Gasteiger partial charge >= 0.3 is 0 Å². The first-order chi connectivity index (χ1) is 14.8. The molecule has 30 heavy (non-hydrogen) atoms. The summed E-state index contributed by atoms with van der Waals surface area (Å²) in [6.07, 6.45) is 5.40. The van der Waals surface area contributed by atoms with Crippen LogP contribution in [0.4, 0.5) is 5.82 Å². The van der Waals surface area contributed by atoms with Crippen LogP contribution in [0.5, 0.6) is 5.75 Å². The van der Waals surface area contributed by atoms with E-state index in [1.54, 1.807) is 13.4 Å². The van der Waals surface area contributed by atoms with E-state index in [4.69, 9.17) is 18.4 Å². The lowest BCUT2D eigenvalue weighted by Gasteiger charge is -2.26. The van der Waals surface area contributed by atoms with E-state index in [-0.39, 0.29) is 6.10 Å². The Kier molecular flexibility index (Phi) is 5.06. The van der Waals surface area contributed by atoms with E-state index in [1.165, 1.54) is 6.33 Å². The number of anilines is 1. The minimum Gasteiger partial charge on any atom is -0.496 e. The van der Waals surface area contributed by atoms with Crippen LogP contribution in [-0.4, -0.2) is 41.5 Å². The predicted molar refractivity (Wildman–Crippen MR) is 110 cm³/mol. The minimum atomic E-state index is 0.138. The molecule has 1 fully saturated rings. The van der Waals surface area contributed by atoms with Crippen molar-refractivity contribution in [3.63, 3.8) is 0 Å². The number of methoxy groups -OCH3 is 1. The van der Waals surface area contributed by atoms with Crippen LogP contribution >= 0.6 is 0 Å². The van der Waals surface area contributed by atoms with E-state index in [0.717, 1.165) is 42.0 Å². The second kappa shape index (κ2) is 8.16. The van der Waals surface area contributed by atoms with Gasteiger partial charge in [-0.25, -0.2) is 4.98 Å². The number of fused-ring (bicyclic) bond motifs is 1. The lowest BCUT2D eigenvalue weighted by atomic mass is 10.1. The molecule has 8 heteroatoms. The number of hydrogen-bond donors (Lipinski definition) is 0. The zero-order valence-electron chi connectivity index (χ0n) is 16.7. The van der Waals surface area contributed by atoms with Crippen LogP contribution in [0.25, 0.3) is 22.4 Å². The molecule has 154 valence electrons. The molecule has 0 amide bonds. The molecule has 8 nitrogen and oxygen atoms in total. The molecule has 1 aliphatic rings. The molecule has 1 saturated heterocycles. The van der Waals surface area contributed by atoms with Gasteiger partial charge in [0.05, 0.1) is 26.0 Å². The smallest absolute Gasteiger partial charge is 0.263 e. The van der Waals surface area contributed by atoms with Crippen molar-refractivity contribution in [3.8, 4) is 17.0 Å². The highest BCUT2D eigenvalue weighted by Crippen LogP contribution is 2.38. The first-order valence-electron chi connectivity index (χ1n) is 9.96. The molecule has 5 rings (SSSR count). The molecule has 1 aliphatic heterocycles. The molecule has 3 aromatic heterocycles. The van der Waals surface area contributed by atoms with Gasteiger partial charge in [-0.05, 0) is 37.1 Å². The Hall–Kier alpha value is -3.39. The minimum absolute atomic E-state index is 0.138. The zero-order valence-corrected chi connectivity index (χ0v) is 16.7. The number of furan rings is 1. The van der Waals surface area contributed by atoms with E-state index in [9.17, 15) is 0 Å². The summed E-state index contributed by atoms with van der Waals surface area (Å²) in [6, 6.07) is 11.5. The van der Waals surface area contributed by atoms with E-state index in [1.807, 2.05) is 36.4 Å². The van der Waals surface area contributed by atoms with Crippen molar-refractivity contribution in [1.82, 2.24) is 15.1 Å². The summed E-state index contributed by atoms with van der Waals surface area (Å²) in [4.78, 5) is 11.1. The van der Waals surface area contributed by atoms with Crippen LogP contribution in [0.15, 0.2) is 57.9 Å². The average Bonchev–Trinajstić information content (AvgIpc) is 3.55. The van der Waals surface area contributed by atoms with Crippen LogP contribution in [0.1, 0.15) is 18.6 Å². The molecule has 0 aliphatic carbocycles. The van der Waals surface area contributed by atoms with Crippen molar-refractivity contribution in [1.29, 1.82) is 0 Å². The fourth-order valence-electron chi connectivity index (χ4n) is 3.89. The Morgan fingerprint density at radius 3 is 2.90 bits per heavy atom. The van der Waals surface area contributed by atoms with E-state index in [0.29, 0.717) is 30.2 Å². The van der Waals surface area contributed by atoms with Gasteiger partial charge < -0.3 is 23.3 Å². The number of ether oxygens (including phenoxy) is 2. The van der Waals surface area contributed by atoms with E-state index < -0.39 is 0 Å². The molecule has 1 aromatic carbocycles. The Bertz CT molecular complexity index is 1120. The van der Waals surface area contributed by atoms with Gasteiger partial charge in [0, 0.05) is 18.7 Å². The monoisotopic (exact) mass is 406 g/mol. The van der Waals surface area contributed by atoms with Crippen molar-refractivity contribution >= 4 is 16.9 Å². The fourth-order valence-corrected chi connectivity index (χ4v) is 3.89. The summed E-state index contributed by atoms with van der Waals surface area (Å²) in [5.41, 5.74) is 1.90. The highest BCUT2D eigenvalue weighted by molar-refractivity contribution is 5.99. The number of aromatic nitrogens is 3. The second-order valence-electron chi connectivity index (χ2n) is 7.20. The standard InChI is InChI=1S/C22H22N4O4/c1-27-18-9-3-2-8-17(18)20-19-21(23-14-24-22(19)30-25-20)26(12-15-6-4-10-28-15)13-16-7-5-11-29-16/h2-4,6,8-10,14,16H,5,7,11-13H2,1H3/t16-/m1/s1. The van der Waals surface area contributed by atoms with Gasteiger partial charge in [0.15, 0.2) is 0 Å². The first kappa shape index (κ1) is 18.6. The molecule has 0 saturated carbocycles. The normalized spacial score (nSPS) is 16.2. The van der Waals surface area contributed by atoms with E-state index >= 15 is 0 Å². The summed E-state index contributed by atoms with van der Waals surface area (Å²) < 4.78 is 22.6. The topological polar surface area (TPSA) is 86.7 Å². The van der Waals surface area contributed by atoms with Gasteiger partial charge in [-0.3, -0.25) is 0 Å². The number of benzene rings is 1. The molecule has 0 spiro atoms. The summed E-state index contributed by atoms with van der Waals surface area (Å²) in [5, 5.41) is 5.05. The molecule has 4 heterocycles. The van der Waals surface area contributed by atoms with Crippen molar-refractivity contribution in [2.24, 2.45) is 0 Å². The second-order valence-corrected chi connectivity index (χ2v) is 7.20. The summed E-state index contributed by atoms with van der Waals surface area (Å²) in [5.74, 6) is 2.28. The van der Waals surface area contributed by atoms with Crippen molar-refractivity contribution in [2.45, 2.75) is 25.5 Å². The molecule has 1 atom stereocenters. The van der Waals surface area contributed by atoms with E-state index in [2.05, 4.69) is 20.0 Å². The number of para-hydroxylation sites is 1. The number of nitrogens with zero attached hydrogens (tertiary/aromatic N) is 4. The first-order valence-corrected chi connectivity index (χ1v) is 9.96. The quantitative estimate of drug-likeness (QED) is 0.454. The SMILES string of the molecule is COc1ccccc1-c1noc2ncnc(N(Cc3ccco3)C[C@H]3CCCO3)c12. The predicted octanol–water partition coefficient (Wildman–Crippen LogP) is 4.07. The summed E-state index contributed by atoms with van der Waals surface area (Å²) in [6.45, 7) is 2.02. The maximum atomic E-state index is 5.89. The van der Waals surface area contributed by atoms with Gasteiger partial charge in [0.1, 0.15) is 34.7 Å². The van der Waals surface area contributed by atoms with Crippen molar-refractivity contribution < 1.29 is 18.4 Å². The van der Waals surface area contributed by atoms with Gasteiger partial charge in [-0.15, -0.1) is 0 Å². The lowest BCUT2D eigenvalue weighted by molar-refractivity contribution is 0.115. The van der Waals surface area contributed by atoms with Crippen LogP contribution in [0.2, 0.25) is 0 Å². The zero-order chi connectivity index (χ0) is 20.3. The van der Waals surface area contributed by atoms with Crippen molar-refractivity contribution in [3.05, 3.63) is 54.7 Å². The highest BCUT2D eigenvalue weighted by atomic mass is 16.5. The van der Waals surface area contributed by atoms with Crippen LogP contribution in [0.3, 0.4) is 0 Å². The molecule has 0 bridgehead atoms. The van der Waals surface area contributed by atoms with Crippen molar-refractivity contribution in [2.75, 3.05) is 25.2 Å². The average molecular weight is 406 g/mol. The molecule has 4 aromatic rings. The third-order valence-corrected chi connectivity index (χ3v) is 5.29. The lowest BCUT2D eigenvalue weighted by Crippen LogP contribution is -2.32. The van der Waals surface area contributed by atoms with Crippen LogP contribution in [-0.2, 0) is 11.3 Å². The Morgan fingerprint density at radius 2 is 2.10 bits per heavy atom. The van der Waals surface area contributed by atoms with Gasteiger partial charge in [0.2, 0.25) is 0 Å². The summed E-state index contributed by atoms with van der Waals surface area (Å²) in [7, 11) is 1.64. The summed E-state index contributed by atoms with van der Waals surface area (Å²) >= 11 is 0. The van der Waals surface area contributed by atoms with Gasteiger partial charge in [0.25, 0.3) is 5.71 Å². The van der Waals surface area contributed by atoms with Gasteiger partial charge in [-0.1, -0.05) is 17.3 Å².